The second-order valence-electron chi connectivity index (χ2n) is 5.27. The van der Waals surface area contributed by atoms with Gasteiger partial charge >= 0.3 is 6.36 Å². The molecular weight excluding hydrogens is 371 g/mol. The van der Waals surface area contributed by atoms with Crippen LogP contribution in [-0.4, -0.2) is 46.6 Å². The minimum atomic E-state index is -4.77. The van der Waals surface area contributed by atoms with Crippen LogP contribution in [0.25, 0.3) is 0 Å². The van der Waals surface area contributed by atoms with E-state index in [4.69, 9.17) is 0 Å². The summed E-state index contributed by atoms with van der Waals surface area (Å²) in [5.74, 6) is -0.959. The van der Waals surface area contributed by atoms with Crippen LogP contribution in [0, 0.1) is 0 Å². The average molecular weight is 389 g/mol. The number of ether oxygens (including phenoxy) is 1. The van der Waals surface area contributed by atoms with Crippen molar-refractivity contribution in [1.82, 2.24) is 4.90 Å². The Morgan fingerprint density at radius 2 is 1.96 bits per heavy atom. The molecule has 1 aliphatic heterocycles. The monoisotopic (exact) mass is 389 g/mol. The van der Waals surface area contributed by atoms with Gasteiger partial charge in [0.15, 0.2) is 5.17 Å². The summed E-state index contributed by atoms with van der Waals surface area (Å²) in [6.07, 6.45) is -4.82. The van der Waals surface area contributed by atoms with Gasteiger partial charge < -0.3 is 10.1 Å². The minimum Gasteiger partial charge on any atom is -0.406 e. The summed E-state index contributed by atoms with van der Waals surface area (Å²) in [4.78, 5) is 30.2. The fourth-order valence-corrected chi connectivity index (χ4v) is 3.57. The van der Waals surface area contributed by atoms with Crippen molar-refractivity contribution in [3.63, 3.8) is 0 Å². The van der Waals surface area contributed by atoms with Gasteiger partial charge in [-0.15, -0.1) is 13.2 Å². The lowest BCUT2D eigenvalue weighted by Gasteiger charge is -2.13. The molecule has 1 N–H and O–H groups in total. The number of hydrogen-bond donors (Lipinski definition) is 1. The van der Waals surface area contributed by atoms with Crippen molar-refractivity contribution >= 4 is 34.4 Å². The number of anilines is 1. The number of hydrogen-bond acceptors (Lipinski definition) is 5. The molecule has 0 radical (unpaired) electrons. The first-order valence-electron chi connectivity index (χ1n) is 7.91. The van der Waals surface area contributed by atoms with Crippen molar-refractivity contribution in [3.05, 3.63) is 24.3 Å². The third-order valence-corrected chi connectivity index (χ3v) is 4.59. The van der Waals surface area contributed by atoms with Gasteiger partial charge in [0.1, 0.15) is 11.0 Å². The number of carbonyl (C=O) groups is 2. The molecule has 1 atom stereocenters. The van der Waals surface area contributed by atoms with E-state index in [1.54, 1.807) is 0 Å². The Bertz CT molecular complexity index is 692. The highest BCUT2D eigenvalue weighted by atomic mass is 32.2. The molecule has 142 valence electrons. The Balaban J connectivity index is 1.94. The first-order valence-corrected chi connectivity index (χ1v) is 8.79. The Kier molecular flexibility index (Phi) is 6.52. The molecule has 0 unspecified atom stereocenters. The molecule has 1 aromatic rings. The van der Waals surface area contributed by atoms with Crippen LogP contribution >= 0.6 is 11.8 Å². The molecule has 1 heterocycles. The molecule has 2 amide bonds. The Hall–Kier alpha value is -2.23. The summed E-state index contributed by atoms with van der Waals surface area (Å²) < 4.78 is 40.1. The number of amidine groups is 1. The van der Waals surface area contributed by atoms with Gasteiger partial charge in [-0.05, 0) is 38.1 Å². The molecule has 0 bridgehead atoms. The second-order valence-corrected chi connectivity index (χ2v) is 6.44. The lowest BCUT2D eigenvalue weighted by atomic mass is 10.2. The average Bonchev–Trinajstić information content (AvgIpc) is 2.83. The van der Waals surface area contributed by atoms with Gasteiger partial charge in [0.2, 0.25) is 11.8 Å². The smallest absolute Gasteiger partial charge is 0.406 e. The number of rotatable bonds is 6. The molecule has 0 aromatic heterocycles. The molecular formula is C16H18F3N3O3S. The van der Waals surface area contributed by atoms with Gasteiger partial charge in [-0.2, -0.15) is 0 Å². The number of aliphatic imine (C=N–C) groups is 1. The molecule has 1 saturated heterocycles. The molecule has 0 spiro atoms. The van der Waals surface area contributed by atoms with Gasteiger partial charge in [0.25, 0.3) is 0 Å². The molecule has 1 aromatic carbocycles. The third kappa shape index (κ3) is 5.38. The molecule has 0 aliphatic carbocycles. The van der Waals surface area contributed by atoms with Gasteiger partial charge in [0.05, 0.1) is 0 Å². The van der Waals surface area contributed by atoms with Crippen LogP contribution in [0.3, 0.4) is 0 Å². The van der Waals surface area contributed by atoms with Crippen molar-refractivity contribution in [2.24, 2.45) is 4.99 Å². The predicted molar refractivity (Wildman–Crippen MR) is 93.1 cm³/mol. The zero-order valence-electron chi connectivity index (χ0n) is 14.2. The Morgan fingerprint density at radius 3 is 2.50 bits per heavy atom. The lowest BCUT2D eigenvalue weighted by Crippen LogP contribution is -2.33. The first-order chi connectivity index (χ1) is 12.2. The van der Waals surface area contributed by atoms with Crippen LogP contribution in [0.1, 0.15) is 20.3 Å². The maximum Gasteiger partial charge on any atom is 0.573 e. The summed E-state index contributed by atoms with van der Waals surface area (Å²) >= 11 is 1.24. The van der Waals surface area contributed by atoms with Gasteiger partial charge in [-0.3, -0.25) is 19.5 Å². The number of nitrogens with one attached hydrogen (secondary N) is 1. The normalized spacial score (nSPS) is 19.1. The van der Waals surface area contributed by atoms with E-state index in [-0.39, 0.29) is 18.1 Å². The minimum absolute atomic E-state index is 0.0520. The van der Waals surface area contributed by atoms with E-state index in [0.717, 1.165) is 12.1 Å². The summed E-state index contributed by atoms with van der Waals surface area (Å²) in [7, 11) is 0. The molecule has 2 rings (SSSR count). The van der Waals surface area contributed by atoms with Gasteiger partial charge in [0, 0.05) is 25.2 Å². The van der Waals surface area contributed by atoms with E-state index in [2.05, 4.69) is 15.0 Å². The van der Waals surface area contributed by atoms with Gasteiger partial charge in [-0.1, -0.05) is 11.8 Å². The molecule has 10 heteroatoms. The highest BCUT2D eigenvalue weighted by molar-refractivity contribution is 8.15. The quantitative estimate of drug-likeness (QED) is 0.811. The standard InChI is InChI=1S/C16H18F3N3O3S/c1-3-20-15-22(4-2)14(24)12(26-15)9-13(23)21-10-5-7-11(8-6-10)25-16(17,18)19/h5-8,12H,3-4,9H2,1-2H3,(H,21,23)/t12-/m0/s1. The van der Waals surface area contributed by atoms with Crippen LogP contribution in [0.5, 0.6) is 5.75 Å². The van der Waals surface area contributed by atoms with Crippen LogP contribution in [0.15, 0.2) is 29.3 Å². The van der Waals surface area contributed by atoms with Crippen LogP contribution in [0.2, 0.25) is 0 Å². The van der Waals surface area contributed by atoms with Gasteiger partial charge in [-0.25, -0.2) is 0 Å². The van der Waals surface area contributed by atoms with E-state index in [1.165, 1.54) is 28.8 Å². The summed E-state index contributed by atoms with van der Waals surface area (Å²) in [5.41, 5.74) is 0.315. The van der Waals surface area contributed by atoms with Crippen LogP contribution in [-0.2, 0) is 9.59 Å². The number of carbonyl (C=O) groups excluding carboxylic acids is 2. The summed E-state index contributed by atoms with van der Waals surface area (Å²) in [6.45, 7) is 4.70. The number of halogens is 3. The number of amides is 2. The molecule has 26 heavy (non-hydrogen) atoms. The first kappa shape index (κ1) is 20.1. The number of benzene rings is 1. The van der Waals surface area contributed by atoms with Crippen molar-refractivity contribution < 1.29 is 27.5 Å². The van der Waals surface area contributed by atoms with E-state index in [9.17, 15) is 22.8 Å². The van der Waals surface area contributed by atoms with E-state index < -0.39 is 17.5 Å². The zero-order chi connectivity index (χ0) is 19.3. The zero-order valence-corrected chi connectivity index (χ0v) is 15.0. The highest BCUT2D eigenvalue weighted by Crippen LogP contribution is 2.30. The highest BCUT2D eigenvalue weighted by Gasteiger charge is 2.38. The topological polar surface area (TPSA) is 71.0 Å². The third-order valence-electron chi connectivity index (χ3n) is 3.37. The number of nitrogens with zero attached hydrogens (tertiary/aromatic N) is 2. The number of alkyl halides is 3. The summed E-state index contributed by atoms with van der Waals surface area (Å²) in [5, 5.41) is 2.60. The predicted octanol–water partition coefficient (Wildman–Crippen LogP) is 3.25. The SMILES string of the molecule is CCN=C1S[C@@H](CC(=O)Nc2ccc(OC(F)(F)F)cc2)C(=O)N1CC. The van der Waals surface area contributed by atoms with Crippen molar-refractivity contribution in [2.75, 3.05) is 18.4 Å². The molecule has 1 fully saturated rings. The number of thioether (sulfide) groups is 1. The Labute approximate surface area is 152 Å². The van der Waals surface area contributed by atoms with E-state index in [0.29, 0.717) is 23.9 Å². The van der Waals surface area contributed by atoms with Crippen molar-refractivity contribution in [3.8, 4) is 5.75 Å². The van der Waals surface area contributed by atoms with Crippen molar-refractivity contribution in [2.45, 2.75) is 31.9 Å². The molecule has 1 aliphatic rings. The summed E-state index contributed by atoms with van der Waals surface area (Å²) in [6, 6.07) is 4.79. The second kappa shape index (κ2) is 8.43. The van der Waals surface area contributed by atoms with Crippen LogP contribution < -0.4 is 10.1 Å². The Morgan fingerprint density at radius 1 is 1.31 bits per heavy atom. The largest absolute Gasteiger partial charge is 0.573 e. The fraction of sp³-hybridized carbons (Fsp3) is 0.438. The lowest BCUT2D eigenvalue weighted by molar-refractivity contribution is -0.274. The van der Waals surface area contributed by atoms with Crippen molar-refractivity contribution in [1.29, 1.82) is 0 Å². The van der Waals surface area contributed by atoms with E-state index >= 15 is 0 Å². The molecule has 0 saturated carbocycles. The van der Waals surface area contributed by atoms with Crippen LogP contribution in [0.4, 0.5) is 18.9 Å². The van der Waals surface area contributed by atoms with E-state index in [1.807, 2.05) is 13.8 Å². The fourth-order valence-electron chi connectivity index (χ4n) is 2.31. The maximum absolute atomic E-state index is 12.3. The maximum atomic E-state index is 12.3. The molecule has 6 nitrogen and oxygen atoms in total.